The van der Waals surface area contributed by atoms with E-state index in [1.165, 1.54) is 7.11 Å². The van der Waals surface area contributed by atoms with Crippen LogP contribution in [-0.2, 0) is 9.53 Å². The number of hydrogen-bond donors (Lipinski definition) is 3. The number of carbonyl (C=O) groups excluding carboxylic acids is 1. The van der Waals surface area contributed by atoms with Crippen molar-refractivity contribution in [2.75, 3.05) is 18.2 Å². The molecule has 1 aromatic carbocycles. The molecule has 124 valence electrons. The van der Waals surface area contributed by atoms with E-state index in [0.717, 1.165) is 0 Å². The lowest BCUT2D eigenvalue weighted by Crippen LogP contribution is -2.29. The van der Waals surface area contributed by atoms with E-state index in [0.29, 0.717) is 33.2 Å². The molecular weight excluding hydrogens is 332 g/mol. The Kier molecular flexibility index (Phi) is 4.02. The molecule has 0 bridgehead atoms. The van der Waals surface area contributed by atoms with E-state index in [4.69, 9.17) is 22.1 Å². The first-order valence-corrected chi connectivity index (χ1v) is 7.52. The summed E-state index contributed by atoms with van der Waals surface area (Å²) in [6, 6.07) is 7.11. The van der Waals surface area contributed by atoms with Gasteiger partial charge in [-0.05, 0) is 18.6 Å². The number of hydrogen-bond acceptors (Lipinski definition) is 6. The van der Waals surface area contributed by atoms with Gasteiger partial charge in [-0.2, -0.15) is 4.98 Å². The second kappa shape index (κ2) is 6.01. The van der Waals surface area contributed by atoms with Crippen molar-refractivity contribution in [2.45, 2.75) is 12.8 Å². The van der Waals surface area contributed by atoms with E-state index in [1.807, 2.05) is 6.07 Å². The van der Waals surface area contributed by atoms with Gasteiger partial charge in [-0.3, -0.25) is 4.98 Å². The molecule has 8 heteroatoms. The van der Waals surface area contributed by atoms with Crippen molar-refractivity contribution in [3.05, 3.63) is 62.2 Å². The number of allylic oxidation sites excluding steroid dienone is 1. The lowest BCUT2D eigenvalue weighted by Gasteiger charge is -2.30. The van der Waals surface area contributed by atoms with Gasteiger partial charge in [0.25, 0.3) is 0 Å². The van der Waals surface area contributed by atoms with Crippen LogP contribution in [0.15, 0.2) is 40.3 Å². The first-order valence-electron chi connectivity index (χ1n) is 7.14. The van der Waals surface area contributed by atoms with Crippen LogP contribution >= 0.6 is 11.6 Å². The number of fused-ring (bicyclic) bond motifs is 1. The Balaban J connectivity index is 2.35. The van der Waals surface area contributed by atoms with Gasteiger partial charge < -0.3 is 15.8 Å². The van der Waals surface area contributed by atoms with Crippen LogP contribution in [0, 0.1) is 0 Å². The Bertz CT molecular complexity index is 920. The van der Waals surface area contributed by atoms with Crippen molar-refractivity contribution in [1.29, 1.82) is 0 Å². The molecule has 1 aliphatic heterocycles. The summed E-state index contributed by atoms with van der Waals surface area (Å²) in [4.78, 5) is 30.4. The summed E-state index contributed by atoms with van der Waals surface area (Å²) in [5, 5.41) is 3.42. The van der Waals surface area contributed by atoms with Gasteiger partial charge in [-0.1, -0.05) is 29.8 Å². The fraction of sp³-hybridized carbons (Fsp3) is 0.188. The average molecular weight is 347 g/mol. The first kappa shape index (κ1) is 16.1. The Morgan fingerprint density at radius 3 is 2.75 bits per heavy atom. The van der Waals surface area contributed by atoms with Gasteiger partial charge in [0, 0.05) is 16.3 Å². The SMILES string of the molecule is COC(=O)C1=C(C)Nc2nc(=O)[nH]c(N)c2C1c1ccccc1Cl. The molecule has 1 aromatic heterocycles. The molecule has 0 radical (unpaired) electrons. The highest BCUT2D eigenvalue weighted by atomic mass is 35.5. The molecule has 0 fully saturated rings. The van der Waals surface area contributed by atoms with Gasteiger partial charge in [0.1, 0.15) is 11.6 Å². The van der Waals surface area contributed by atoms with Crippen LogP contribution in [0.5, 0.6) is 0 Å². The zero-order valence-electron chi connectivity index (χ0n) is 13.0. The van der Waals surface area contributed by atoms with Crippen LogP contribution in [0.1, 0.15) is 24.0 Å². The van der Waals surface area contributed by atoms with Gasteiger partial charge in [0.15, 0.2) is 0 Å². The number of nitrogens with zero attached hydrogens (tertiary/aromatic N) is 1. The molecule has 2 aromatic rings. The number of anilines is 2. The minimum absolute atomic E-state index is 0.122. The van der Waals surface area contributed by atoms with Crippen molar-refractivity contribution >= 4 is 29.2 Å². The number of esters is 1. The normalized spacial score (nSPS) is 16.4. The number of methoxy groups -OCH3 is 1. The number of aromatic amines is 1. The van der Waals surface area contributed by atoms with Crippen LogP contribution in [0.25, 0.3) is 0 Å². The minimum Gasteiger partial charge on any atom is -0.466 e. The molecule has 0 saturated heterocycles. The molecule has 3 rings (SSSR count). The van der Waals surface area contributed by atoms with E-state index < -0.39 is 17.6 Å². The molecule has 7 nitrogen and oxygen atoms in total. The van der Waals surface area contributed by atoms with Crippen molar-refractivity contribution < 1.29 is 9.53 Å². The summed E-state index contributed by atoms with van der Waals surface area (Å²) in [5.41, 5.74) is 7.47. The molecule has 0 spiro atoms. The number of carbonyl (C=O) groups is 1. The van der Waals surface area contributed by atoms with E-state index in [1.54, 1.807) is 25.1 Å². The van der Waals surface area contributed by atoms with Crippen molar-refractivity contribution in [2.24, 2.45) is 0 Å². The molecular formula is C16H15ClN4O3. The van der Waals surface area contributed by atoms with Crippen LogP contribution in [0.2, 0.25) is 5.02 Å². The lowest BCUT2D eigenvalue weighted by atomic mass is 9.82. The van der Waals surface area contributed by atoms with Crippen molar-refractivity contribution in [3.8, 4) is 0 Å². The molecule has 2 heterocycles. The molecule has 4 N–H and O–H groups in total. The Hall–Kier alpha value is -2.80. The number of benzene rings is 1. The molecule has 0 saturated carbocycles. The molecule has 1 atom stereocenters. The second-order valence-corrected chi connectivity index (χ2v) is 5.73. The van der Waals surface area contributed by atoms with Crippen LogP contribution in [0.3, 0.4) is 0 Å². The highest BCUT2D eigenvalue weighted by molar-refractivity contribution is 6.31. The largest absolute Gasteiger partial charge is 0.466 e. The van der Waals surface area contributed by atoms with E-state index in [2.05, 4.69) is 15.3 Å². The molecule has 24 heavy (non-hydrogen) atoms. The zero-order chi connectivity index (χ0) is 17.4. The summed E-state index contributed by atoms with van der Waals surface area (Å²) < 4.78 is 4.92. The monoisotopic (exact) mass is 346 g/mol. The summed E-state index contributed by atoms with van der Waals surface area (Å²) in [7, 11) is 1.30. The van der Waals surface area contributed by atoms with Gasteiger partial charge in [0.2, 0.25) is 0 Å². The van der Waals surface area contributed by atoms with E-state index in [-0.39, 0.29) is 5.82 Å². The third-order valence-electron chi connectivity index (χ3n) is 3.91. The van der Waals surface area contributed by atoms with Crippen LogP contribution in [0.4, 0.5) is 11.6 Å². The summed E-state index contributed by atoms with van der Waals surface area (Å²) in [5.74, 6) is -0.699. The lowest BCUT2D eigenvalue weighted by molar-refractivity contribution is -0.136. The minimum atomic E-state index is -0.605. The maximum absolute atomic E-state index is 12.4. The summed E-state index contributed by atoms with van der Waals surface area (Å²) in [6.45, 7) is 1.71. The summed E-state index contributed by atoms with van der Waals surface area (Å²) in [6.07, 6.45) is 0. The van der Waals surface area contributed by atoms with Crippen molar-refractivity contribution in [3.63, 3.8) is 0 Å². The van der Waals surface area contributed by atoms with E-state index >= 15 is 0 Å². The second-order valence-electron chi connectivity index (χ2n) is 5.33. The maximum Gasteiger partial charge on any atom is 0.348 e. The third kappa shape index (κ3) is 2.52. The van der Waals surface area contributed by atoms with Crippen LogP contribution in [-0.4, -0.2) is 23.0 Å². The smallest absolute Gasteiger partial charge is 0.348 e. The maximum atomic E-state index is 12.4. The average Bonchev–Trinajstić information content (AvgIpc) is 2.53. The third-order valence-corrected chi connectivity index (χ3v) is 4.25. The molecule has 1 aliphatic rings. The number of rotatable bonds is 2. The summed E-state index contributed by atoms with van der Waals surface area (Å²) >= 11 is 6.34. The molecule has 0 amide bonds. The number of nitrogens with one attached hydrogen (secondary N) is 2. The Morgan fingerprint density at radius 2 is 2.08 bits per heavy atom. The van der Waals surface area contributed by atoms with Crippen LogP contribution < -0.4 is 16.7 Å². The van der Waals surface area contributed by atoms with Gasteiger partial charge >= 0.3 is 11.7 Å². The highest BCUT2D eigenvalue weighted by Crippen LogP contribution is 2.44. The number of nitrogen functional groups attached to an aromatic ring is 1. The predicted molar refractivity (Wildman–Crippen MR) is 90.9 cm³/mol. The number of H-pyrrole nitrogens is 1. The Morgan fingerprint density at radius 1 is 1.38 bits per heavy atom. The molecule has 0 aliphatic carbocycles. The zero-order valence-corrected chi connectivity index (χ0v) is 13.8. The predicted octanol–water partition coefficient (Wildman–Crippen LogP) is 2.01. The van der Waals surface area contributed by atoms with Gasteiger partial charge in [-0.15, -0.1) is 0 Å². The fourth-order valence-electron chi connectivity index (χ4n) is 2.89. The van der Waals surface area contributed by atoms with Gasteiger partial charge in [0.05, 0.1) is 18.6 Å². The first-order chi connectivity index (χ1) is 11.4. The number of ether oxygens (including phenoxy) is 1. The Labute approximate surface area is 142 Å². The number of halogens is 1. The van der Waals surface area contributed by atoms with Gasteiger partial charge in [-0.25, -0.2) is 9.59 Å². The van der Waals surface area contributed by atoms with E-state index in [9.17, 15) is 9.59 Å². The quantitative estimate of drug-likeness (QED) is 0.717. The highest BCUT2D eigenvalue weighted by Gasteiger charge is 2.36. The standard InChI is InChI=1S/C16H15ClN4O3/c1-7-10(15(22)24-2)11(8-5-3-4-6-9(8)17)12-13(18)20-16(23)21-14(12)19-7/h3-6,11H,1-2H3,(H4,18,19,20,21,23). The fourth-order valence-corrected chi connectivity index (χ4v) is 3.14. The number of nitrogens with two attached hydrogens (primary N) is 1. The number of aromatic nitrogens is 2. The topological polar surface area (TPSA) is 110 Å². The molecule has 1 unspecified atom stereocenters. The van der Waals surface area contributed by atoms with Crippen molar-refractivity contribution in [1.82, 2.24) is 9.97 Å².